The van der Waals surface area contributed by atoms with E-state index in [1.54, 1.807) is 0 Å². The molecular weight excluding hydrogens is 372 g/mol. The van der Waals surface area contributed by atoms with E-state index in [1.165, 1.54) is 16.5 Å². The van der Waals surface area contributed by atoms with Crippen LogP contribution in [0.4, 0.5) is 0 Å². The van der Waals surface area contributed by atoms with Crippen LogP contribution in [0.25, 0.3) is 10.9 Å². The molecule has 1 fully saturated rings. The molecule has 4 rings (SSSR count). The molecule has 1 aliphatic heterocycles. The summed E-state index contributed by atoms with van der Waals surface area (Å²) in [6, 6.07) is 14.4. The average molecular weight is 399 g/mol. The lowest BCUT2D eigenvalue weighted by atomic mass is 9.96. The number of fused-ring (bicyclic) bond motifs is 1. The minimum Gasteiger partial charge on any atom is -0.489 e. The van der Waals surface area contributed by atoms with Crippen LogP contribution in [0.3, 0.4) is 0 Å². The summed E-state index contributed by atoms with van der Waals surface area (Å²) in [7, 11) is 0. The van der Waals surface area contributed by atoms with Crippen molar-refractivity contribution >= 4 is 22.5 Å². The van der Waals surface area contributed by atoms with Crippen molar-refractivity contribution in [3.63, 3.8) is 0 Å². The molecule has 0 saturated carbocycles. The third-order valence-electron chi connectivity index (χ3n) is 5.62. The van der Waals surface area contributed by atoms with Gasteiger partial charge in [0.15, 0.2) is 0 Å². The van der Waals surface area contributed by atoms with Crippen molar-refractivity contribution in [3.8, 4) is 5.75 Å². The molecule has 0 spiro atoms. The van der Waals surface area contributed by atoms with Crippen molar-refractivity contribution in [1.82, 2.24) is 9.88 Å². The smallest absolute Gasteiger partial charge is 0.138 e. The summed E-state index contributed by atoms with van der Waals surface area (Å²) in [6.45, 7) is 5.03. The van der Waals surface area contributed by atoms with Crippen LogP contribution >= 0.6 is 11.6 Å². The topological polar surface area (TPSA) is 48.5 Å². The van der Waals surface area contributed by atoms with Gasteiger partial charge in [0.1, 0.15) is 12.4 Å². The minimum absolute atomic E-state index is 0.277. The maximum Gasteiger partial charge on any atom is 0.138 e. The molecule has 5 heteroatoms. The highest BCUT2D eigenvalue weighted by atomic mass is 35.5. The highest BCUT2D eigenvalue weighted by Crippen LogP contribution is 2.29. The normalized spacial score (nSPS) is 21.0. The number of H-pyrrole nitrogens is 1. The second kappa shape index (κ2) is 8.16. The van der Waals surface area contributed by atoms with E-state index in [2.05, 4.69) is 34.1 Å². The zero-order valence-corrected chi connectivity index (χ0v) is 17.0. The Morgan fingerprint density at radius 3 is 2.93 bits per heavy atom. The van der Waals surface area contributed by atoms with Crippen molar-refractivity contribution in [3.05, 3.63) is 64.8 Å². The third kappa shape index (κ3) is 4.52. The first-order valence-corrected chi connectivity index (χ1v) is 10.3. The summed E-state index contributed by atoms with van der Waals surface area (Å²) in [4.78, 5) is 5.66. The maximum atomic E-state index is 11.1. The molecule has 148 valence electrons. The number of nitrogens with zero attached hydrogens (tertiary/aromatic N) is 1. The van der Waals surface area contributed by atoms with Crippen molar-refractivity contribution in [2.24, 2.45) is 0 Å². The second-order valence-electron chi connectivity index (χ2n) is 7.98. The molecule has 2 aromatic carbocycles. The number of hydrogen-bond acceptors (Lipinski definition) is 3. The molecular formula is C23H27ClN2O2. The Hall–Kier alpha value is -2.01. The van der Waals surface area contributed by atoms with E-state index in [9.17, 15) is 5.11 Å². The SMILES string of the molecule is Cc1ccc(Cl)c(OCC2(O)CCCN(Cc3ccc4[nH]ccc4c3)CC2)c1. The number of nitrogens with one attached hydrogen (secondary N) is 1. The van der Waals surface area contributed by atoms with Crippen LogP contribution in [0, 0.1) is 6.92 Å². The van der Waals surface area contributed by atoms with Gasteiger partial charge in [0.05, 0.1) is 10.6 Å². The Kier molecular flexibility index (Phi) is 5.63. The number of halogens is 1. The molecule has 1 aromatic heterocycles. The zero-order chi connectivity index (χ0) is 19.6. The minimum atomic E-state index is -0.813. The monoisotopic (exact) mass is 398 g/mol. The Bertz CT molecular complexity index is 955. The molecule has 2 N–H and O–H groups in total. The number of hydrogen-bond donors (Lipinski definition) is 2. The number of aromatic amines is 1. The lowest BCUT2D eigenvalue weighted by Crippen LogP contribution is -2.37. The molecule has 0 amide bonds. The van der Waals surface area contributed by atoms with Crippen molar-refractivity contribution in [2.45, 2.75) is 38.3 Å². The van der Waals surface area contributed by atoms with Gasteiger partial charge in [-0.05, 0) is 79.6 Å². The number of aryl methyl sites for hydroxylation is 1. The van der Waals surface area contributed by atoms with Gasteiger partial charge in [-0.15, -0.1) is 0 Å². The van der Waals surface area contributed by atoms with Crippen LogP contribution in [0.15, 0.2) is 48.7 Å². The Morgan fingerprint density at radius 1 is 1.14 bits per heavy atom. The standard InChI is InChI=1S/C23H27ClN2O2/c1-17-3-5-20(24)22(13-17)28-16-23(27)8-2-11-26(12-9-23)15-18-4-6-21-19(14-18)7-10-25-21/h3-7,10,13-14,25,27H,2,8-9,11-12,15-16H2,1H3. The molecule has 0 aliphatic carbocycles. The fraction of sp³-hybridized carbons (Fsp3) is 0.391. The number of aromatic nitrogens is 1. The fourth-order valence-corrected chi connectivity index (χ4v) is 4.10. The summed E-state index contributed by atoms with van der Waals surface area (Å²) in [5.41, 5.74) is 2.76. The van der Waals surface area contributed by atoms with E-state index in [0.29, 0.717) is 17.2 Å². The van der Waals surface area contributed by atoms with Gasteiger partial charge in [-0.1, -0.05) is 23.7 Å². The predicted octanol–water partition coefficient (Wildman–Crippen LogP) is 4.93. The molecule has 1 atom stereocenters. The van der Waals surface area contributed by atoms with E-state index < -0.39 is 5.60 Å². The van der Waals surface area contributed by atoms with Gasteiger partial charge in [0.25, 0.3) is 0 Å². The summed E-state index contributed by atoms with van der Waals surface area (Å²) >= 11 is 6.22. The molecule has 1 saturated heterocycles. The Morgan fingerprint density at radius 2 is 2.04 bits per heavy atom. The number of rotatable bonds is 5. The maximum absolute atomic E-state index is 11.1. The van der Waals surface area contributed by atoms with Gasteiger partial charge in [0.2, 0.25) is 0 Å². The number of ether oxygens (including phenoxy) is 1. The molecule has 2 heterocycles. The van der Waals surface area contributed by atoms with Crippen LogP contribution in [-0.4, -0.2) is 40.3 Å². The number of benzene rings is 2. The summed E-state index contributed by atoms with van der Waals surface area (Å²) in [6.07, 6.45) is 4.36. The van der Waals surface area contributed by atoms with E-state index in [4.69, 9.17) is 16.3 Å². The zero-order valence-electron chi connectivity index (χ0n) is 16.2. The van der Waals surface area contributed by atoms with Gasteiger partial charge in [-0.2, -0.15) is 0 Å². The molecule has 1 unspecified atom stereocenters. The lowest BCUT2D eigenvalue weighted by Gasteiger charge is -2.27. The molecule has 28 heavy (non-hydrogen) atoms. The van der Waals surface area contributed by atoms with Crippen molar-refractivity contribution in [2.75, 3.05) is 19.7 Å². The summed E-state index contributed by atoms with van der Waals surface area (Å²) < 4.78 is 5.90. The second-order valence-corrected chi connectivity index (χ2v) is 8.38. The summed E-state index contributed by atoms with van der Waals surface area (Å²) in [5.74, 6) is 0.649. The highest BCUT2D eigenvalue weighted by molar-refractivity contribution is 6.32. The predicted molar refractivity (Wildman–Crippen MR) is 114 cm³/mol. The number of likely N-dealkylation sites (tertiary alicyclic amines) is 1. The van der Waals surface area contributed by atoms with Gasteiger partial charge >= 0.3 is 0 Å². The first-order valence-electron chi connectivity index (χ1n) is 9.91. The molecule has 0 bridgehead atoms. The largest absolute Gasteiger partial charge is 0.489 e. The van der Waals surface area contributed by atoms with Crippen molar-refractivity contribution < 1.29 is 9.84 Å². The molecule has 1 aliphatic rings. The third-order valence-corrected chi connectivity index (χ3v) is 5.93. The number of aliphatic hydroxyl groups is 1. The van der Waals surface area contributed by atoms with E-state index >= 15 is 0 Å². The first kappa shape index (κ1) is 19.3. The highest BCUT2D eigenvalue weighted by Gasteiger charge is 2.31. The molecule has 3 aromatic rings. The van der Waals surface area contributed by atoms with Crippen LogP contribution in [-0.2, 0) is 6.54 Å². The van der Waals surface area contributed by atoms with Gasteiger partial charge in [0, 0.05) is 24.8 Å². The Labute approximate surface area is 171 Å². The van der Waals surface area contributed by atoms with Crippen molar-refractivity contribution in [1.29, 1.82) is 0 Å². The quantitative estimate of drug-likeness (QED) is 0.640. The fourth-order valence-electron chi connectivity index (χ4n) is 3.93. The van der Waals surface area contributed by atoms with E-state index in [-0.39, 0.29) is 6.61 Å². The molecule has 4 nitrogen and oxygen atoms in total. The lowest BCUT2D eigenvalue weighted by molar-refractivity contribution is -0.0168. The van der Waals surface area contributed by atoms with Gasteiger partial charge in [-0.25, -0.2) is 0 Å². The average Bonchev–Trinajstić information content (AvgIpc) is 3.07. The van der Waals surface area contributed by atoms with Crippen LogP contribution in [0.1, 0.15) is 30.4 Å². The van der Waals surface area contributed by atoms with E-state index in [0.717, 1.165) is 38.0 Å². The molecule has 0 radical (unpaired) electrons. The van der Waals surface area contributed by atoms with Crippen LogP contribution in [0.5, 0.6) is 5.75 Å². The summed E-state index contributed by atoms with van der Waals surface area (Å²) in [5, 5.41) is 12.9. The first-order chi connectivity index (χ1) is 13.5. The van der Waals surface area contributed by atoms with Gasteiger partial charge < -0.3 is 14.8 Å². The van der Waals surface area contributed by atoms with Crippen LogP contribution in [0.2, 0.25) is 5.02 Å². The van der Waals surface area contributed by atoms with E-state index in [1.807, 2.05) is 31.3 Å². The van der Waals surface area contributed by atoms with Crippen LogP contribution < -0.4 is 4.74 Å². The Balaban J connectivity index is 1.36. The van der Waals surface area contributed by atoms with Gasteiger partial charge in [-0.3, -0.25) is 4.90 Å².